The zero-order valence-electron chi connectivity index (χ0n) is 14.5. The van der Waals surface area contributed by atoms with Crippen LogP contribution in [0.5, 0.6) is 0 Å². The van der Waals surface area contributed by atoms with E-state index in [1.807, 2.05) is 24.0 Å². The van der Waals surface area contributed by atoms with Gasteiger partial charge in [0.05, 0.1) is 0 Å². The van der Waals surface area contributed by atoms with Gasteiger partial charge in [0.25, 0.3) is 5.91 Å². The third-order valence-corrected chi connectivity index (χ3v) is 4.50. The van der Waals surface area contributed by atoms with Crippen molar-refractivity contribution in [1.82, 2.24) is 19.8 Å². The van der Waals surface area contributed by atoms with Crippen LogP contribution in [-0.4, -0.2) is 58.4 Å². The highest BCUT2D eigenvalue weighted by molar-refractivity contribution is 6.30. The van der Waals surface area contributed by atoms with Gasteiger partial charge in [-0.25, -0.2) is 9.97 Å². The van der Waals surface area contributed by atoms with Crippen molar-refractivity contribution in [3.63, 3.8) is 0 Å². The lowest BCUT2D eigenvalue weighted by Crippen LogP contribution is -2.48. The normalized spacial score (nSPS) is 15.2. The standard InChI is InChI=1S/C18H22ClN5O/c1-3-23-7-9-24(10-8-23)17(25)16-11-13(2)20-18(22-16)21-15-6-4-5-14(19)12-15/h4-6,11-12H,3,7-10H2,1-2H3,(H,20,21,22). The van der Waals surface area contributed by atoms with Gasteiger partial charge in [-0.05, 0) is 37.7 Å². The number of hydrogen-bond donors (Lipinski definition) is 1. The smallest absolute Gasteiger partial charge is 0.272 e. The number of anilines is 2. The van der Waals surface area contributed by atoms with Crippen LogP contribution < -0.4 is 5.32 Å². The molecule has 3 rings (SSSR count). The van der Waals surface area contributed by atoms with E-state index in [1.165, 1.54) is 0 Å². The molecule has 1 amide bonds. The van der Waals surface area contributed by atoms with E-state index in [0.29, 0.717) is 16.7 Å². The molecule has 1 aromatic heterocycles. The SMILES string of the molecule is CCN1CCN(C(=O)c2cc(C)nc(Nc3cccc(Cl)c3)n2)CC1. The number of aromatic nitrogens is 2. The lowest BCUT2D eigenvalue weighted by Gasteiger charge is -2.33. The molecule has 1 aliphatic rings. The number of nitrogens with zero attached hydrogens (tertiary/aromatic N) is 4. The van der Waals surface area contributed by atoms with E-state index in [9.17, 15) is 4.79 Å². The lowest BCUT2D eigenvalue weighted by atomic mass is 10.2. The van der Waals surface area contributed by atoms with Crippen molar-refractivity contribution in [1.29, 1.82) is 0 Å². The van der Waals surface area contributed by atoms with Crippen molar-refractivity contribution in [2.24, 2.45) is 0 Å². The summed E-state index contributed by atoms with van der Waals surface area (Å²) < 4.78 is 0. The average molecular weight is 360 g/mol. The molecule has 0 spiro atoms. The number of carbonyl (C=O) groups is 1. The number of halogens is 1. The maximum absolute atomic E-state index is 12.8. The number of amides is 1. The summed E-state index contributed by atoms with van der Waals surface area (Å²) in [5.74, 6) is 0.355. The van der Waals surface area contributed by atoms with Crippen LogP contribution in [0.2, 0.25) is 5.02 Å². The predicted molar refractivity (Wildman–Crippen MR) is 99.5 cm³/mol. The molecule has 0 unspecified atom stereocenters. The second-order valence-electron chi connectivity index (χ2n) is 6.08. The Morgan fingerprint density at radius 1 is 1.20 bits per heavy atom. The van der Waals surface area contributed by atoms with Crippen LogP contribution in [0.25, 0.3) is 0 Å². The van der Waals surface area contributed by atoms with Crippen LogP contribution in [0, 0.1) is 6.92 Å². The minimum Gasteiger partial charge on any atom is -0.335 e. The quantitative estimate of drug-likeness (QED) is 0.909. The number of rotatable bonds is 4. The molecule has 1 N–H and O–H groups in total. The zero-order chi connectivity index (χ0) is 17.8. The Morgan fingerprint density at radius 2 is 1.96 bits per heavy atom. The first-order chi connectivity index (χ1) is 12.0. The summed E-state index contributed by atoms with van der Waals surface area (Å²) in [6.07, 6.45) is 0. The Balaban J connectivity index is 1.76. The van der Waals surface area contributed by atoms with Crippen molar-refractivity contribution in [3.8, 4) is 0 Å². The van der Waals surface area contributed by atoms with Crippen LogP contribution in [0.3, 0.4) is 0 Å². The van der Waals surface area contributed by atoms with Crippen molar-refractivity contribution >= 4 is 29.1 Å². The molecular formula is C18H22ClN5O. The number of carbonyl (C=O) groups excluding carboxylic acids is 1. The van der Waals surface area contributed by atoms with Crippen LogP contribution in [0.15, 0.2) is 30.3 Å². The van der Waals surface area contributed by atoms with Gasteiger partial charge in [-0.1, -0.05) is 24.6 Å². The molecule has 0 aliphatic carbocycles. The second-order valence-corrected chi connectivity index (χ2v) is 6.52. The van der Waals surface area contributed by atoms with E-state index in [1.54, 1.807) is 18.2 Å². The third kappa shape index (κ3) is 4.46. The van der Waals surface area contributed by atoms with Gasteiger partial charge in [0.15, 0.2) is 0 Å². The van der Waals surface area contributed by atoms with Gasteiger partial charge in [0.1, 0.15) is 5.69 Å². The molecule has 1 fully saturated rings. The second kappa shape index (κ2) is 7.80. The summed E-state index contributed by atoms with van der Waals surface area (Å²) in [6.45, 7) is 8.28. The largest absolute Gasteiger partial charge is 0.335 e. The first kappa shape index (κ1) is 17.6. The fraction of sp³-hybridized carbons (Fsp3) is 0.389. The molecule has 2 aromatic rings. The third-order valence-electron chi connectivity index (χ3n) is 4.26. The van der Waals surface area contributed by atoms with Crippen molar-refractivity contribution in [3.05, 3.63) is 46.7 Å². The Bertz CT molecular complexity index is 759. The Hall–Kier alpha value is -2.18. The summed E-state index contributed by atoms with van der Waals surface area (Å²) >= 11 is 6.00. The van der Waals surface area contributed by atoms with Gasteiger partial charge in [-0.2, -0.15) is 0 Å². The van der Waals surface area contributed by atoms with Crippen LogP contribution >= 0.6 is 11.6 Å². The predicted octanol–water partition coefficient (Wildman–Crippen LogP) is 2.96. The lowest BCUT2D eigenvalue weighted by molar-refractivity contribution is 0.0637. The van der Waals surface area contributed by atoms with Crippen molar-refractivity contribution in [2.45, 2.75) is 13.8 Å². The van der Waals surface area contributed by atoms with Crippen LogP contribution in [0.1, 0.15) is 23.1 Å². The van der Waals surface area contributed by atoms with Gasteiger partial charge in [-0.3, -0.25) is 4.79 Å². The van der Waals surface area contributed by atoms with E-state index in [4.69, 9.17) is 11.6 Å². The molecule has 132 valence electrons. The van der Waals surface area contributed by atoms with Gasteiger partial charge in [0, 0.05) is 42.6 Å². The number of piperazine rings is 1. The van der Waals surface area contributed by atoms with Crippen LogP contribution in [0.4, 0.5) is 11.6 Å². The Labute approximate surface area is 152 Å². The summed E-state index contributed by atoms with van der Waals surface area (Å²) in [4.78, 5) is 25.7. The highest BCUT2D eigenvalue weighted by atomic mass is 35.5. The Kier molecular flexibility index (Phi) is 5.50. The maximum Gasteiger partial charge on any atom is 0.272 e. The van der Waals surface area contributed by atoms with E-state index < -0.39 is 0 Å². The molecule has 0 saturated carbocycles. The molecule has 0 bridgehead atoms. The molecule has 6 nitrogen and oxygen atoms in total. The highest BCUT2D eigenvalue weighted by Gasteiger charge is 2.23. The Morgan fingerprint density at radius 3 is 2.64 bits per heavy atom. The van der Waals surface area contributed by atoms with Crippen LogP contribution in [-0.2, 0) is 0 Å². The van der Waals surface area contributed by atoms with Crippen molar-refractivity contribution in [2.75, 3.05) is 38.0 Å². The summed E-state index contributed by atoms with van der Waals surface area (Å²) in [6, 6.07) is 9.05. The van der Waals surface area contributed by atoms with E-state index >= 15 is 0 Å². The monoisotopic (exact) mass is 359 g/mol. The van der Waals surface area contributed by atoms with E-state index in [2.05, 4.69) is 27.1 Å². The minimum atomic E-state index is -0.0459. The molecule has 25 heavy (non-hydrogen) atoms. The molecular weight excluding hydrogens is 338 g/mol. The van der Waals surface area contributed by atoms with Gasteiger partial charge in [0.2, 0.25) is 5.95 Å². The number of benzene rings is 1. The topological polar surface area (TPSA) is 61.4 Å². The summed E-state index contributed by atoms with van der Waals surface area (Å²) in [5, 5.41) is 3.74. The molecule has 1 saturated heterocycles. The fourth-order valence-electron chi connectivity index (χ4n) is 2.86. The summed E-state index contributed by atoms with van der Waals surface area (Å²) in [7, 11) is 0. The van der Waals surface area contributed by atoms with E-state index in [-0.39, 0.29) is 5.91 Å². The molecule has 7 heteroatoms. The summed E-state index contributed by atoms with van der Waals surface area (Å²) in [5.41, 5.74) is 1.95. The number of hydrogen-bond acceptors (Lipinski definition) is 5. The number of aryl methyl sites for hydroxylation is 1. The molecule has 2 heterocycles. The van der Waals surface area contributed by atoms with Crippen molar-refractivity contribution < 1.29 is 4.79 Å². The number of likely N-dealkylation sites (N-methyl/N-ethyl adjacent to an activating group) is 1. The molecule has 0 atom stereocenters. The molecule has 1 aromatic carbocycles. The maximum atomic E-state index is 12.8. The first-order valence-corrected chi connectivity index (χ1v) is 8.83. The van der Waals surface area contributed by atoms with Gasteiger partial charge in [-0.15, -0.1) is 0 Å². The van der Waals surface area contributed by atoms with Gasteiger partial charge >= 0.3 is 0 Å². The minimum absolute atomic E-state index is 0.0459. The molecule has 1 aliphatic heterocycles. The highest BCUT2D eigenvalue weighted by Crippen LogP contribution is 2.19. The fourth-order valence-corrected chi connectivity index (χ4v) is 3.05. The molecule has 0 radical (unpaired) electrons. The van der Waals surface area contributed by atoms with E-state index in [0.717, 1.165) is 44.1 Å². The average Bonchev–Trinajstić information content (AvgIpc) is 2.60. The van der Waals surface area contributed by atoms with Gasteiger partial charge < -0.3 is 15.1 Å². The number of nitrogens with one attached hydrogen (secondary N) is 1. The zero-order valence-corrected chi connectivity index (χ0v) is 15.3. The first-order valence-electron chi connectivity index (χ1n) is 8.45.